The molecule has 3 rings (SSSR count). The Bertz CT molecular complexity index is 1070. The lowest BCUT2D eigenvalue weighted by atomic mass is 10.0. The van der Waals surface area contributed by atoms with E-state index in [0.29, 0.717) is 11.4 Å². The van der Waals surface area contributed by atoms with Crippen LogP contribution in [0.4, 0.5) is 19.0 Å². The summed E-state index contributed by atoms with van der Waals surface area (Å²) < 4.78 is 38.3. The van der Waals surface area contributed by atoms with E-state index in [-0.39, 0.29) is 13.5 Å². The summed E-state index contributed by atoms with van der Waals surface area (Å²) in [6.45, 7) is 7.72. The first kappa shape index (κ1) is 23.4. The van der Waals surface area contributed by atoms with Crippen LogP contribution in [0.3, 0.4) is 0 Å². The van der Waals surface area contributed by atoms with Gasteiger partial charge in [-0.15, -0.1) is 0 Å². The summed E-state index contributed by atoms with van der Waals surface area (Å²) in [5.41, 5.74) is 6.61. The van der Waals surface area contributed by atoms with Crippen molar-refractivity contribution in [2.45, 2.75) is 46.0 Å². The largest absolute Gasteiger partial charge is 0.433 e. The number of nitrogens with zero attached hydrogens (tertiary/aromatic N) is 3. The van der Waals surface area contributed by atoms with Gasteiger partial charge in [-0.05, 0) is 57.0 Å². The lowest BCUT2D eigenvalue weighted by Gasteiger charge is -2.22. The fourth-order valence-corrected chi connectivity index (χ4v) is 3.26. The molecule has 0 bridgehead atoms. The molecule has 170 valence electrons. The quantitative estimate of drug-likeness (QED) is 0.321. The van der Waals surface area contributed by atoms with Gasteiger partial charge < -0.3 is 5.32 Å². The number of aryl methyl sites for hydroxylation is 1. The van der Waals surface area contributed by atoms with Crippen LogP contribution in [0, 0.1) is 6.92 Å². The number of rotatable bonds is 7. The van der Waals surface area contributed by atoms with Gasteiger partial charge in [0.25, 0.3) is 0 Å². The maximum atomic E-state index is 12.8. The molecule has 1 unspecified atom stereocenters. The Hall–Kier alpha value is -3.26. The number of halogens is 3. The van der Waals surface area contributed by atoms with E-state index in [1.807, 2.05) is 64.1 Å². The van der Waals surface area contributed by atoms with E-state index >= 15 is 0 Å². The van der Waals surface area contributed by atoms with Crippen LogP contribution in [0.15, 0.2) is 59.8 Å². The van der Waals surface area contributed by atoms with E-state index in [1.165, 1.54) is 12.3 Å². The topological polar surface area (TPSA) is 62.2 Å². The van der Waals surface area contributed by atoms with E-state index in [0.717, 1.165) is 28.5 Å². The predicted octanol–water partition coefficient (Wildman–Crippen LogP) is 6.55. The number of benzene rings is 1. The van der Waals surface area contributed by atoms with Gasteiger partial charge >= 0.3 is 6.18 Å². The number of aromatic nitrogens is 2. The van der Waals surface area contributed by atoms with Crippen molar-refractivity contribution in [3.63, 3.8) is 0 Å². The molecule has 0 amide bonds. The summed E-state index contributed by atoms with van der Waals surface area (Å²) in [6, 6.07) is 14.1. The molecule has 2 N–H and O–H groups in total. The first-order chi connectivity index (χ1) is 15.2. The highest BCUT2D eigenvalue weighted by Gasteiger charge is 2.32. The van der Waals surface area contributed by atoms with Gasteiger partial charge in [-0.1, -0.05) is 35.9 Å². The Morgan fingerprint density at radius 1 is 1.00 bits per heavy atom. The number of pyridine rings is 2. The molecule has 5 nitrogen and oxygen atoms in total. The zero-order valence-electron chi connectivity index (χ0n) is 18.4. The SMILES string of the molecule is C/C=N\Nc1cc(C(C)N[C@H](C)c2ccc(C(F)(F)F)nc2)cc(-c2ccc(C)cc2)n1.[HH]. The van der Waals surface area contributed by atoms with E-state index in [4.69, 9.17) is 0 Å². The molecule has 32 heavy (non-hydrogen) atoms. The second-order valence-corrected chi connectivity index (χ2v) is 7.62. The maximum absolute atomic E-state index is 12.8. The molecule has 0 radical (unpaired) electrons. The molecule has 2 atom stereocenters. The van der Waals surface area contributed by atoms with Crippen molar-refractivity contribution in [1.29, 1.82) is 0 Å². The van der Waals surface area contributed by atoms with Crippen LogP contribution in [0.2, 0.25) is 0 Å². The number of hydrogen-bond acceptors (Lipinski definition) is 5. The fourth-order valence-electron chi connectivity index (χ4n) is 3.26. The van der Waals surface area contributed by atoms with Crippen molar-refractivity contribution >= 4 is 12.0 Å². The van der Waals surface area contributed by atoms with Crippen molar-refractivity contribution in [3.05, 3.63) is 77.1 Å². The number of nitrogens with one attached hydrogen (secondary N) is 2. The van der Waals surface area contributed by atoms with E-state index in [1.54, 1.807) is 6.21 Å². The highest BCUT2D eigenvalue weighted by Crippen LogP contribution is 2.29. The van der Waals surface area contributed by atoms with Gasteiger partial charge in [0.1, 0.15) is 11.5 Å². The van der Waals surface area contributed by atoms with Gasteiger partial charge in [-0.2, -0.15) is 18.3 Å². The predicted molar refractivity (Wildman–Crippen MR) is 124 cm³/mol. The lowest BCUT2D eigenvalue weighted by molar-refractivity contribution is -0.141. The smallest absolute Gasteiger partial charge is 0.304 e. The molecule has 0 aliphatic rings. The average Bonchev–Trinajstić information content (AvgIpc) is 2.77. The molecule has 0 saturated heterocycles. The zero-order valence-corrected chi connectivity index (χ0v) is 18.4. The molecule has 8 heteroatoms. The van der Waals surface area contributed by atoms with Gasteiger partial charge in [0.2, 0.25) is 0 Å². The Morgan fingerprint density at radius 2 is 1.69 bits per heavy atom. The van der Waals surface area contributed by atoms with Crippen LogP contribution in [-0.2, 0) is 6.18 Å². The summed E-state index contributed by atoms with van der Waals surface area (Å²) in [5.74, 6) is 0.605. The minimum absolute atomic E-state index is 0. The van der Waals surface area contributed by atoms with Gasteiger partial charge in [0, 0.05) is 31.5 Å². The monoisotopic (exact) mass is 443 g/mol. The van der Waals surface area contributed by atoms with Gasteiger partial charge in [-0.3, -0.25) is 10.4 Å². The molecule has 2 heterocycles. The Morgan fingerprint density at radius 3 is 2.28 bits per heavy atom. The van der Waals surface area contributed by atoms with E-state index in [2.05, 4.69) is 25.8 Å². The summed E-state index contributed by atoms with van der Waals surface area (Å²) >= 11 is 0. The Kier molecular flexibility index (Phi) is 7.25. The third-order valence-electron chi connectivity index (χ3n) is 5.08. The normalized spacial score (nSPS) is 13.8. The summed E-state index contributed by atoms with van der Waals surface area (Å²) in [6.07, 6.45) is -1.54. The molecule has 0 fully saturated rings. The van der Waals surface area contributed by atoms with E-state index in [9.17, 15) is 13.2 Å². The third kappa shape index (κ3) is 5.91. The minimum atomic E-state index is -4.45. The number of anilines is 1. The van der Waals surface area contributed by atoms with Crippen LogP contribution in [0.25, 0.3) is 11.3 Å². The molecule has 0 saturated carbocycles. The first-order valence-corrected chi connectivity index (χ1v) is 10.3. The molecule has 1 aromatic carbocycles. The minimum Gasteiger partial charge on any atom is -0.304 e. The van der Waals surface area contributed by atoms with Crippen LogP contribution in [0.1, 0.15) is 56.7 Å². The molecule has 0 aliphatic heterocycles. The summed E-state index contributed by atoms with van der Waals surface area (Å²) in [7, 11) is 0. The van der Waals surface area contributed by atoms with Crippen LogP contribution in [-0.4, -0.2) is 16.2 Å². The van der Waals surface area contributed by atoms with Crippen molar-refractivity contribution in [3.8, 4) is 11.3 Å². The van der Waals surface area contributed by atoms with Crippen molar-refractivity contribution in [1.82, 2.24) is 15.3 Å². The second-order valence-electron chi connectivity index (χ2n) is 7.62. The highest BCUT2D eigenvalue weighted by molar-refractivity contribution is 5.64. The molecule has 0 spiro atoms. The summed E-state index contributed by atoms with van der Waals surface area (Å²) in [5, 5.41) is 7.50. The third-order valence-corrected chi connectivity index (χ3v) is 5.08. The number of hydrogen-bond donors (Lipinski definition) is 2. The van der Waals surface area contributed by atoms with E-state index < -0.39 is 11.9 Å². The van der Waals surface area contributed by atoms with Crippen LogP contribution in [0.5, 0.6) is 0 Å². The summed E-state index contributed by atoms with van der Waals surface area (Å²) in [4.78, 5) is 8.21. The first-order valence-electron chi connectivity index (χ1n) is 10.3. The maximum Gasteiger partial charge on any atom is 0.433 e. The van der Waals surface area contributed by atoms with Gasteiger partial charge in [0.15, 0.2) is 0 Å². The zero-order chi connectivity index (χ0) is 23.3. The fraction of sp³-hybridized carbons (Fsp3) is 0.292. The van der Waals surface area contributed by atoms with Gasteiger partial charge in [0.05, 0.1) is 5.69 Å². The lowest BCUT2D eigenvalue weighted by Crippen LogP contribution is -2.23. The van der Waals surface area contributed by atoms with Crippen molar-refractivity contribution in [2.24, 2.45) is 5.10 Å². The molecule has 2 aromatic heterocycles. The molecular weight excluding hydrogens is 415 g/mol. The van der Waals surface area contributed by atoms with Gasteiger partial charge in [-0.25, -0.2) is 4.98 Å². The second kappa shape index (κ2) is 9.91. The highest BCUT2D eigenvalue weighted by atomic mass is 19.4. The van der Waals surface area contributed by atoms with Crippen molar-refractivity contribution in [2.75, 3.05) is 5.43 Å². The molecule has 0 aliphatic carbocycles. The van der Waals surface area contributed by atoms with Crippen LogP contribution < -0.4 is 10.7 Å². The van der Waals surface area contributed by atoms with Crippen LogP contribution >= 0.6 is 0 Å². The standard InChI is InChI=1S/C24H26F3N5.H2/c1-5-29-32-23-13-20(12-21(31-23)18-8-6-15(2)7-9-18)17(4)30-16(3)19-10-11-22(28-14-19)24(25,26)27;/h5-14,16-17,30H,1-4H3,(H,31,32);1H/b29-5-;/t16-,17?;/m1./s1. The number of hydrazone groups is 1. The molecular formula is C24H28F3N5. The Balaban J connectivity index is 0.00000385. The van der Waals surface area contributed by atoms with Crippen molar-refractivity contribution < 1.29 is 14.6 Å². The molecule has 3 aromatic rings. The number of alkyl halides is 3. The Labute approximate surface area is 187 Å². The average molecular weight is 444 g/mol.